The average molecular weight is 915 g/mol. The average Bonchev–Trinajstić information content (AvgIpc) is 3.28. The van der Waals surface area contributed by atoms with E-state index in [-0.39, 0.29) is 24.3 Å². The van der Waals surface area contributed by atoms with Crippen LogP contribution in [0.25, 0.3) is 0 Å². The van der Waals surface area contributed by atoms with Crippen molar-refractivity contribution in [2.45, 2.75) is 276 Å². The summed E-state index contributed by atoms with van der Waals surface area (Å²) in [6.07, 6.45) is 59.8. The third-order valence-corrected chi connectivity index (χ3v) is 13.4. The molecule has 1 aromatic rings. The maximum Gasteiger partial charge on any atom is 0.339 e. The first-order chi connectivity index (χ1) is 31.3. The van der Waals surface area contributed by atoms with Crippen LogP contribution in [0.2, 0.25) is 0 Å². The van der Waals surface area contributed by atoms with Gasteiger partial charge in [0.25, 0.3) is 10.1 Å². The standard InChI is InChI=1S/C56H98O7S/c1-3-5-7-9-11-13-15-17-19-21-23-25-27-29-31-33-35-37-39-41-43-45-49-62-55(57)53-48-47-52(64(59,60)61)51-54(53)56(58)63-50-46-44-42-40-38-36-34-32-30-28-26-24-22-20-18-16-14-12-10-8-6-4-2/h33-36,47-48,51H,3-32,37-46,49-50H2,1-2H3,(H,59,60,61)/b35-33+,36-34+. The number of rotatable bonds is 47. The zero-order valence-electron chi connectivity index (χ0n) is 41.5. The van der Waals surface area contributed by atoms with Gasteiger partial charge in [-0.1, -0.05) is 231 Å². The lowest BCUT2D eigenvalue weighted by atomic mass is 10.0. The molecule has 7 nitrogen and oxygen atoms in total. The Morgan fingerprint density at radius 2 is 0.672 bits per heavy atom. The van der Waals surface area contributed by atoms with Gasteiger partial charge >= 0.3 is 11.9 Å². The third kappa shape index (κ3) is 36.7. The number of unbranched alkanes of at least 4 members (excludes halogenated alkanes) is 36. The Morgan fingerprint density at radius 1 is 0.406 bits per heavy atom. The van der Waals surface area contributed by atoms with Gasteiger partial charge in [-0.2, -0.15) is 8.42 Å². The number of benzene rings is 1. The lowest BCUT2D eigenvalue weighted by Gasteiger charge is -2.11. The van der Waals surface area contributed by atoms with E-state index in [4.69, 9.17) is 9.47 Å². The molecule has 0 aliphatic carbocycles. The monoisotopic (exact) mass is 915 g/mol. The Kier molecular flexibility index (Phi) is 41.3. The number of carbonyl (C=O) groups excluding carboxylic acids is 2. The van der Waals surface area contributed by atoms with E-state index in [9.17, 15) is 22.6 Å². The molecule has 1 aromatic carbocycles. The molecule has 0 aromatic heterocycles. The highest BCUT2D eigenvalue weighted by Crippen LogP contribution is 2.20. The second-order valence-corrected chi connectivity index (χ2v) is 20.0. The van der Waals surface area contributed by atoms with Gasteiger partial charge in [-0.3, -0.25) is 4.55 Å². The lowest BCUT2D eigenvalue weighted by molar-refractivity contribution is 0.0450. The first-order valence-electron chi connectivity index (χ1n) is 27.1. The normalized spacial score (nSPS) is 11.9. The molecule has 0 unspecified atom stereocenters. The maximum absolute atomic E-state index is 13.0. The number of allylic oxidation sites excluding steroid dienone is 4. The molecule has 0 saturated heterocycles. The lowest BCUT2D eigenvalue weighted by Crippen LogP contribution is -2.16. The molecule has 64 heavy (non-hydrogen) atoms. The fourth-order valence-electron chi connectivity index (χ4n) is 8.34. The van der Waals surface area contributed by atoms with Crippen molar-refractivity contribution in [2.75, 3.05) is 13.2 Å². The predicted octanol–water partition coefficient (Wildman–Crippen LogP) is 18.0. The molecule has 0 saturated carbocycles. The van der Waals surface area contributed by atoms with Gasteiger partial charge in [0.05, 0.1) is 29.2 Å². The van der Waals surface area contributed by atoms with Crippen molar-refractivity contribution < 1.29 is 32.0 Å². The topological polar surface area (TPSA) is 107 Å². The molecular weight excluding hydrogens is 817 g/mol. The van der Waals surface area contributed by atoms with E-state index in [1.165, 1.54) is 186 Å². The number of esters is 2. The quantitative estimate of drug-likeness (QED) is 0.0300. The van der Waals surface area contributed by atoms with Gasteiger partial charge < -0.3 is 9.47 Å². The van der Waals surface area contributed by atoms with Gasteiger partial charge in [0.2, 0.25) is 0 Å². The second-order valence-electron chi connectivity index (χ2n) is 18.6. The molecule has 8 heteroatoms. The summed E-state index contributed by atoms with van der Waals surface area (Å²) >= 11 is 0. The van der Waals surface area contributed by atoms with Crippen LogP contribution >= 0.6 is 0 Å². The highest BCUT2D eigenvalue weighted by molar-refractivity contribution is 7.85. The Morgan fingerprint density at radius 3 is 0.969 bits per heavy atom. The van der Waals surface area contributed by atoms with Gasteiger partial charge in [-0.25, -0.2) is 9.59 Å². The fraction of sp³-hybridized carbons (Fsp3) is 0.786. The summed E-state index contributed by atoms with van der Waals surface area (Å²) in [5, 5.41) is 0. The molecule has 0 bridgehead atoms. The molecule has 0 aliphatic rings. The van der Waals surface area contributed by atoms with Crippen LogP contribution in [0.3, 0.4) is 0 Å². The van der Waals surface area contributed by atoms with Gasteiger partial charge in [0.1, 0.15) is 0 Å². The minimum atomic E-state index is -4.58. The van der Waals surface area contributed by atoms with Gasteiger partial charge in [0.15, 0.2) is 0 Å². The third-order valence-electron chi connectivity index (χ3n) is 12.5. The minimum Gasteiger partial charge on any atom is -0.462 e. The van der Waals surface area contributed by atoms with Crippen LogP contribution in [0.4, 0.5) is 0 Å². The molecule has 370 valence electrons. The first-order valence-corrected chi connectivity index (χ1v) is 28.5. The van der Waals surface area contributed by atoms with Crippen molar-refractivity contribution in [3.05, 3.63) is 53.6 Å². The Bertz CT molecular complexity index is 1400. The van der Waals surface area contributed by atoms with Crippen LogP contribution in [0.15, 0.2) is 47.4 Å². The SMILES string of the molecule is CCCCCCCCCCCCCCCC/C=C/CCCCCCOC(=O)c1ccc(S(=O)(=O)O)cc1C(=O)OCCCCCC/C=C/CCCCCCCCCCCCCCCC. The smallest absolute Gasteiger partial charge is 0.339 e. The maximum atomic E-state index is 13.0. The molecule has 0 heterocycles. The van der Waals surface area contributed by atoms with Crippen LogP contribution in [0, 0.1) is 0 Å². The van der Waals surface area contributed by atoms with E-state index >= 15 is 0 Å². The molecule has 0 atom stereocenters. The summed E-state index contributed by atoms with van der Waals surface area (Å²) in [4.78, 5) is 25.5. The van der Waals surface area contributed by atoms with E-state index in [0.717, 1.165) is 76.3 Å². The Labute approximate surface area is 394 Å². The fourth-order valence-corrected chi connectivity index (χ4v) is 8.84. The van der Waals surface area contributed by atoms with E-state index in [1.54, 1.807) is 0 Å². The summed E-state index contributed by atoms with van der Waals surface area (Å²) in [6.45, 7) is 4.92. The van der Waals surface area contributed by atoms with E-state index < -0.39 is 27.0 Å². The van der Waals surface area contributed by atoms with E-state index in [0.29, 0.717) is 12.8 Å². The first kappa shape index (κ1) is 59.6. The number of hydrogen-bond donors (Lipinski definition) is 1. The van der Waals surface area contributed by atoms with Crippen molar-refractivity contribution in [1.82, 2.24) is 0 Å². The zero-order chi connectivity index (χ0) is 46.4. The van der Waals surface area contributed by atoms with Gasteiger partial charge in [-0.15, -0.1) is 0 Å². The van der Waals surface area contributed by atoms with Crippen LogP contribution in [-0.2, 0) is 19.6 Å². The van der Waals surface area contributed by atoms with Gasteiger partial charge in [-0.05, 0) is 82.4 Å². The van der Waals surface area contributed by atoms with Crippen molar-refractivity contribution in [1.29, 1.82) is 0 Å². The summed E-state index contributed by atoms with van der Waals surface area (Å²) < 4.78 is 44.1. The largest absolute Gasteiger partial charge is 0.462 e. The summed E-state index contributed by atoms with van der Waals surface area (Å²) in [5.41, 5.74) is -0.285. The van der Waals surface area contributed by atoms with Gasteiger partial charge in [0, 0.05) is 0 Å². The van der Waals surface area contributed by atoms with Crippen molar-refractivity contribution in [2.24, 2.45) is 0 Å². The molecule has 0 radical (unpaired) electrons. The van der Waals surface area contributed by atoms with Crippen LogP contribution in [-0.4, -0.2) is 38.1 Å². The van der Waals surface area contributed by atoms with E-state index in [2.05, 4.69) is 38.2 Å². The van der Waals surface area contributed by atoms with Crippen LogP contribution in [0.1, 0.15) is 291 Å². The van der Waals surface area contributed by atoms with Crippen molar-refractivity contribution in [3.8, 4) is 0 Å². The molecule has 0 spiro atoms. The molecule has 0 amide bonds. The Hall–Kier alpha value is -2.45. The van der Waals surface area contributed by atoms with Crippen LogP contribution < -0.4 is 0 Å². The predicted molar refractivity (Wildman–Crippen MR) is 271 cm³/mol. The zero-order valence-corrected chi connectivity index (χ0v) is 42.4. The molecule has 0 fully saturated rings. The minimum absolute atomic E-state index is 0.0674. The highest BCUT2D eigenvalue weighted by Gasteiger charge is 2.23. The number of hydrogen-bond acceptors (Lipinski definition) is 6. The van der Waals surface area contributed by atoms with E-state index in [1.807, 2.05) is 0 Å². The second kappa shape index (κ2) is 44.4. The summed E-state index contributed by atoms with van der Waals surface area (Å²) in [5.74, 6) is -1.51. The molecule has 0 aliphatic heterocycles. The van der Waals surface area contributed by atoms with Crippen molar-refractivity contribution >= 4 is 22.1 Å². The highest BCUT2D eigenvalue weighted by atomic mass is 32.2. The number of ether oxygens (including phenoxy) is 2. The summed E-state index contributed by atoms with van der Waals surface area (Å²) in [7, 11) is -4.58. The summed E-state index contributed by atoms with van der Waals surface area (Å²) in [6, 6.07) is 3.30. The van der Waals surface area contributed by atoms with Crippen LogP contribution in [0.5, 0.6) is 0 Å². The molecule has 1 rings (SSSR count). The molecule has 1 N–H and O–H groups in total. The Balaban J connectivity index is 2.13. The van der Waals surface area contributed by atoms with Crippen molar-refractivity contribution in [3.63, 3.8) is 0 Å². The molecular formula is C56H98O7S. The number of carbonyl (C=O) groups is 2.